The van der Waals surface area contributed by atoms with Gasteiger partial charge in [0, 0.05) is 63.2 Å². The molecule has 0 bridgehead atoms. The van der Waals surface area contributed by atoms with Crippen LogP contribution >= 0.6 is 0 Å². The third kappa shape index (κ3) is 10.1. The van der Waals surface area contributed by atoms with Crippen LogP contribution in [0.25, 0.3) is 0 Å². The largest absolute Gasteiger partial charge is 0.495 e. The Morgan fingerprint density at radius 1 is 0.863 bits per heavy atom. The van der Waals surface area contributed by atoms with Gasteiger partial charge in [0.25, 0.3) is 11.8 Å². The summed E-state index contributed by atoms with van der Waals surface area (Å²) in [5, 5.41) is 2.90. The molecule has 3 aromatic carbocycles. The van der Waals surface area contributed by atoms with E-state index < -0.39 is 0 Å². The maximum Gasteiger partial charge on any atom is 0.259 e. The van der Waals surface area contributed by atoms with Gasteiger partial charge in [-0.1, -0.05) is 24.3 Å². The summed E-state index contributed by atoms with van der Waals surface area (Å²) in [7, 11) is 5.27. The highest BCUT2D eigenvalue weighted by molar-refractivity contribution is 6.09. The molecule has 11 nitrogen and oxygen atoms in total. The number of carbonyl (C=O) groups is 3. The van der Waals surface area contributed by atoms with Gasteiger partial charge in [-0.2, -0.15) is 0 Å². The first kappa shape index (κ1) is 36.9. The number of aromatic nitrogens is 1. The van der Waals surface area contributed by atoms with E-state index in [1.165, 1.54) is 7.11 Å². The summed E-state index contributed by atoms with van der Waals surface area (Å²) >= 11 is 0. The number of methoxy groups -OCH3 is 1. The third-order valence-electron chi connectivity index (χ3n) is 8.88. The van der Waals surface area contributed by atoms with Crippen LogP contribution in [0.3, 0.4) is 0 Å². The van der Waals surface area contributed by atoms with E-state index in [1.54, 1.807) is 66.8 Å². The van der Waals surface area contributed by atoms with E-state index in [0.717, 1.165) is 56.6 Å². The lowest BCUT2D eigenvalue weighted by Gasteiger charge is -2.32. The Morgan fingerprint density at radius 2 is 1.67 bits per heavy atom. The first-order valence-electron chi connectivity index (χ1n) is 17.3. The second-order valence-electron chi connectivity index (χ2n) is 12.7. The predicted molar refractivity (Wildman–Crippen MR) is 198 cm³/mol. The fourth-order valence-corrected chi connectivity index (χ4v) is 5.81. The molecule has 1 aromatic heterocycles. The van der Waals surface area contributed by atoms with Crippen LogP contribution in [0.4, 0.5) is 11.4 Å². The highest BCUT2D eigenvalue weighted by atomic mass is 16.5. The summed E-state index contributed by atoms with van der Waals surface area (Å²) in [6.07, 6.45) is 6.45. The van der Waals surface area contributed by atoms with Crippen LogP contribution in [-0.2, 0) is 11.4 Å². The number of likely N-dealkylation sites (N-methyl/N-ethyl adjacent to an activating group) is 1. The van der Waals surface area contributed by atoms with Crippen molar-refractivity contribution >= 4 is 29.1 Å². The highest BCUT2D eigenvalue weighted by Crippen LogP contribution is 2.32. The summed E-state index contributed by atoms with van der Waals surface area (Å²) < 4.78 is 17.7. The average Bonchev–Trinajstić information content (AvgIpc) is 3.15. The third-order valence-corrected chi connectivity index (χ3v) is 8.88. The van der Waals surface area contributed by atoms with Crippen molar-refractivity contribution in [3.63, 3.8) is 0 Å². The Kier molecular flexibility index (Phi) is 13.0. The van der Waals surface area contributed by atoms with Crippen molar-refractivity contribution in [2.75, 3.05) is 64.2 Å². The molecule has 0 aliphatic carbocycles. The van der Waals surface area contributed by atoms with Gasteiger partial charge < -0.3 is 34.2 Å². The van der Waals surface area contributed by atoms with Crippen LogP contribution < -0.4 is 24.4 Å². The minimum absolute atomic E-state index is 0.227. The van der Waals surface area contributed by atoms with Gasteiger partial charge in [-0.25, -0.2) is 0 Å². The highest BCUT2D eigenvalue weighted by Gasteiger charge is 2.21. The van der Waals surface area contributed by atoms with Crippen molar-refractivity contribution in [3.8, 4) is 17.2 Å². The molecule has 1 saturated heterocycles. The number of pyridine rings is 1. The molecule has 1 aliphatic rings. The molecule has 1 aliphatic heterocycles. The standard InChI is InChI=1S/C40H47N5O6/c1-29-15-18-34(37(25-29)50-24-9-5-6-14-38(46)45-22-20-43(2)21-23-45)44(3)40(48)31-16-17-33(36(26-31)49-4)42-39(47)32-12-7-8-13-35(32)51-28-30-11-10-19-41-27-30/h7-8,10-13,15-19,25-27H,5-6,9,14,20-24,28H2,1-4H3,(H,42,47). The lowest BCUT2D eigenvalue weighted by Crippen LogP contribution is -2.47. The second kappa shape index (κ2) is 18.0. The maximum atomic E-state index is 13.7. The Morgan fingerprint density at radius 3 is 2.43 bits per heavy atom. The molecule has 4 aromatic rings. The molecule has 1 fully saturated rings. The van der Waals surface area contributed by atoms with Crippen molar-refractivity contribution in [1.29, 1.82) is 0 Å². The molecule has 0 radical (unpaired) electrons. The zero-order valence-electron chi connectivity index (χ0n) is 29.9. The van der Waals surface area contributed by atoms with Crippen LogP contribution in [0.1, 0.15) is 57.5 Å². The minimum Gasteiger partial charge on any atom is -0.495 e. The van der Waals surface area contributed by atoms with Crippen LogP contribution in [0, 0.1) is 6.92 Å². The molecule has 11 heteroatoms. The molecule has 3 amide bonds. The molecule has 51 heavy (non-hydrogen) atoms. The Bertz CT molecular complexity index is 1790. The van der Waals surface area contributed by atoms with Gasteiger partial charge in [0.15, 0.2) is 0 Å². The van der Waals surface area contributed by atoms with Gasteiger partial charge in [-0.3, -0.25) is 19.4 Å². The summed E-state index contributed by atoms with van der Waals surface area (Å²) in [4.78, 5) is 49.5. The van der Waals surface area contributed by atoms with Crippen LogP contribution in [-0.4, -0.2) is 86.5 Å². The van der Waals surface area contributed by atoms with E-state index in [-0.39, 0.29) is 24.3 Å². The van der Waals surface area contributed by atoms with E-state index in [2.05, 4.69) is 22.2 Å². The van der Waals surface area contributed by atoms with Crippen molar-refractivity contribution in [2.24, 2.45) is 0 Å². The average molecular weight is 694 g/mol. The van der Waals surface area contributed by atoms with E-state index in [0.29, 0.717) is 52.8 Å². The normalized spacial score (nSPS) is 13.0. The van der Waals surface area contributed by atoms with Gasteiger partial charge in [0.2, 0.25) is 5.91 Å². The van der Waals surface area contributed by atoms with Crippen LogP contribution in [0.5, 0.6) is 17.2 Å². The monoisotopic (exact) mass is 693 g/mol. The number of rotatable bonds is 15. The van der Waals surface area contributed by atoms with Gasteiger partial charge in [0.05, 0.1) is 30.7 Å². The number of hydrogen-bond donors (Lipinski definition) is 1. The summed E-state index contributed by atoms with van der Waals surface area (Å²) in [6, 6.07) is 21.4. The molecule has 5 rings (SSSR count). The van der Waals surface area contributed by atoms with Crippen molar-refractivity contribution in [2.45, 2.75) is 39.2 Å². The number of benzene rings is 3. The molecule has 0 unspecified atom stereocenters. The number of unbranched alkanes of at least 4 members (excludes halogenated alkanes) is 2. The zero-order valence-corrected chi connectivity index (χ0v) is 29.9. The number of ether oxygens (including phenoxy) is 3. The number of hydrogen-bond acceptors (Lipinski definition) is 8. The zero-order chi connectivity index (χ0) is 36.2. The topological polar surface area (TPSA) is 114 Å². The Balaban J connectivity index is 1.18. The number of nitrogens with one attached hydrogen (secondary N) is 1. The van der Waals surface area contributed by atoms with Crippen molar-refractivity contribution < 1.29 is 28.6 Å². The molecule has 0 atom stereocenters. The fourth-order valence-electron chi connectivity index (χ4n) is 5.81. The number of aryl methyl sites for hydroxylation is 1. The van der Waals surface area contributed by atoms with E-state index in [1.807, 2.05) is 42.2 Å². The first-order chi connectivity index (χ1) is 24.7. The molecular formula is C40H47N5O6. The minimum atomic E-state index is -0.380. The summed E-state index contributed by atoms with van der Waals surface area (Å²) in [5.41, 5.74) is 3.67. The van der Waals surface area contributed by atoms with Gasteiger partial charge in [-0.05, 0) is 87.3 Å². The maximum absolute atomic E-state index is 13.7. The molecule has 0 saturated carbocycles. The summed E-state index contributed by atoms with van der Waals surface area (Å²) in [5.74, 6) is 0.955. The lowest BCUT2D eigenvalue weighted by molar-refractivity contribution is -0.132. The number of anilines is 2. The Labute approximate surface area is 300 Å². The molecule has 268 valence electrons. The quantitative estimate of drug-likeness (QED) is 0.146. The number of amides is 3. The molecule has 1 N–H and O–H groups in total. The molecular weight excluding hydrogens is 646 g/mol. The van der Waals surface area contributed by atoms with E-state index >= 15 is 0 Å². The van der Waals surface area contributed by atoms with E-state index in [4.69, 9.17) is 14.2 Å². The number of nitrogens with zero attached hydrogens (tertiary/aromatic N) is 4. The number of para-hydroxylation sites is 1. The van der Waals surface area contributed by atoms with E-state index in [9.17, 15) is 14.4 Å². The second-order valence-corrected chi connectivity index (χ2v) is 12.7. The number of carbonyl (C=O) groups excluding carboxylic acids is 3. The van der Waals surface area contributed by atoms with Crippen LogP contribution in [0.15, 0.2) is 85.2 Å². The van der Waals surface area contributed by atoms with Gasteiger partial charge >= 0.3 is 0 Å². The first-order valence-corrected chi connectivity index (χ1v) is 17.3. The Hall–Kier alpha value is -5.42. The molecule has 0 spiro atoms. The molecule has 2 heterocycles. The van der Waals surface area contributed by atoms with Gasteiger partial charge in [-0.15, -0.1) is 0 Å². The fraction of sp³-hybridized carbons (Fsp3) is 0.350. The number of piperazine rings is 1. The van der Waals surface area contributed by atoms with Gasteiger partial charge in [0.1, 0.15) is 23.9 Å². The SMILES string of the molecule is COc1cc(C(=O)N(C)c2ccc(C)cc2OCCCCCC(=O)N2CCN(C)CC2)ccc1NC(=O)c1ccccc1OCc1cccnc1. The smallest absolute Gasteiger partial charge is 0.259 e. The summed E-state index contributed by atoms with van der Waals surface area (Å²) in [6.45, 7) is 6.16. The van der Waals surface area contributed by atoms with Crippen LogP contribution in [0.2, 0.25) is 0 Å². The van der Waals surface area contributed by atoms with Crippen molar-refractivity contribution in [1.82, 2.24) is 14.8 Å². The predicted octanol–water partition coefficient (Wildman–Crippen LogP) is 6.22. The lowest BCUT2D eigenvalue weighted by atomic mass is 10.1. The van der Waals surface area contributed by atoms with Crippen molar-refractivity contribution in [3.05, 3.63) is 107 Å².